The van der Waals surface area contributed by atoms with E-state index < -0.39 is 6.43 Å². The molecular weight excluding hydrogens is 307 g/mol. The third kappa shape index (κ3) is 2.17. The second-order valence-corrected chi connectivity index (χ2v) is 3.41. The Hall–Kier alpha value is -0.790. The number of methoxy groups -OCH3 is 1. The summed E-state index contributed by atoms with van der Waals surface area (Å²) < 4.78 is 29.7. The second-order valence-electron chi connectivity index (χ2n) is 2.39. The highest BCUT2D eigenvalue weighted by Crippen LogP contribution is 2.27. The minimum atomic E-state index is -2.64. The van der Waals surface area contributed by atoms with E-state index in [4.69, 9.17) is 4.74 Å². The van der Waals surface area contributed by atoms with E-state index >= 15 is 0 Å². The van der Waals surface area contributed by atoms with Gasteiger partial charge < -0.3 is 4.74 Å². The predicted molar refractivity (Wildman–Crippen MR) is 53.9 cm³/mol. The first-order valence-corrected chi connectivity index (χ1v) is 4.65. The number of carbonyl (C=O) groups excluding carboxylic acids is 1. The molecule has 0 bridgehead atoms. The SMILES string of the molecule is COc1nc(I)c(C(F)F)cc1C=O. The summed E-state index contributed by atoms with van der Waals surface area (Å²) in [6.07, 6.45) is -2.20. The van der Waals surface area contributed by atoms with Crippen LogP contribution in [0.15, 0.2) is 6.07 Å². The van der Waals surface area contributed by atoms with Crippen LogP contribution in [0.25, 0.3) is 0 Å². The fourth-order valence-electron chi connectivity index (χ4n) is 0.908. The molecular formula is C8H6F2INO2. The molecule has 0 radical (unpaired) electrons. The molecule has 0 aromatic carbocycles. The summed E-state index contributed by atoms with van der Waals surface area (Å²) in [7, 11) is 1.33. The van der Waals surface area contributed by atoms with Gasteiger partial charge in [-0.1, -0.05) is 0 Å². The Morgan fingerprint density at radius 2 is 2.29 bits per heavy atom. The molecule has 0 aliphatic carbocycles. The number of ether oxygens (including phenoxy) is 1. The molecule has 1 heterocycles. The molecule has 1 aromatic rings. The summed E-state index contributed by atoms with van der Waals surface area (Å²) in [6.45, 7) is 0. The molecule has 1 aromatic heterocycles. The van der Waals surface area contributed by atoms with Crippen LogP contribution in [0.2, 0.25) is 0 Å². The van der Waals surface area contributed by atoms with E-state index in [1.807, 2.05) is 0 Å². The van der Waals surface area contributed by atoms with Crippen molar-refractivity contribution in [2.75, 3.05) is 7.11 Å². The molecule has 6 heteroatoms. The van der Waals surface area contributed by atoms with Gasteiger partial charge in [0.25, 0.3) is 6.43 Å². The maximum Gasteiger partial charge on any atom is 0.266 e. The summed E-state index contributed by atoms with van der Waals surface area (Å²) in [5.41, 5.74) is -0.225. The molecule has 0 spiro atoms. The fourth-order valence-corrected chi connectivity index (χ4v) is 1.52. The molecule has 0 amide bonds. The number of aldehydes is 1. The number of aromatic nitrogens is 1. The smallest absolute Gasteiger partial charge is 0.266 e. The van der Waals surface area contributed by atoms with Crippen molar-refractivity contribution < 1.29 is 18.3 Å². The van der Waals surface area contributed by atoms with Crippen LogP contribution in [0.3, 0.4) is 0 Å². The zero-order chi connectivity index (χ0) is 10.7. The Morgan fingerprint density at radius 3 is 2.71 bits per heavy atom. The topological polar surface area (TPSA) is 39.2 Å². The number of halogens is 3. The second kappa shape index (κ2) is 4.63. The summed E-state index contributed by atoms with van der Waals surface area (Å²) in [6, 6.07) is 1.09. The zero-order valence-corrected chi connectivity index (χ0v) is 9.29. The summed E-state index contributed by atoms with van der Waals surface area (Å²) in [4.78, 5) is 14.2. The van der Waals surface area contributed by atoms with E-state index in [1.54, 1.807) is 22.6 Å². The predicted octanol–water partition coefficient (Wildman–Crippen LogP) is 2.44. The molecule has 0 saturated carbocycles. The molecule has 0 saturated heterocycles. The van der Waals surface area contributed by atoms with E-state index in [2.05, 4.69) is 4.98 Å². The lowest BCUT2D eigenvalue weighted by molar-refractivity contribution is 0.111. The van der Waals surface area contributed by atoms with Gasteiger partial charge in [0, 0.05) is 0 Å². The van der Waals surface area contributed by atoms with Crippen molar-refractivity contribution in [3.8, 4) is 5.88 Å². The van der Waals surface area contributed by atoms with E-state index in [0.29, 0.717) is 6.29 Å². The van der Waals surface area contributed by atoms with Crippen LogP contribution in [0.4, 0.5) is 8.78 Å². The van der Waals surface area contributed by atoms with Crippen LogP contribution >= 0.6 is 22.6 Å². The normalized spacial score (nSPS) is 10.4. The molecule has 1 rings (SSSR count). The van der Waals surface area contributed by atoms with Gasteiger partial charge in [0.2, 0.25) is 5.88 Å². The molecule has 76 valence electrons. The molecule has 14 heavy (non-hydrogen) atoms. The van der Waals surface area contributed by atoms with Gasteiger partial charge in [-0.15, -0.1) is 0 Å². The molecule has 0 aliphatic heterocycles. The highest BCUT2D eigenvalue weighted by atomic mass is 127. The maximum absolute atomic E-state index is 12.4. The molecule has 3 nitrogen and oxygen atoms in total. The lowest BCUT2D eigenvalue weighted by atomic mass is 10.2. The quantitative estimate of drug-likeness (QED) is 0.489. The van der Waals surface area contributed by atoms with Gasteiger partial charge in [-0.2, -0.15) is 0 Å². The number of pyridine rings is 1. The highest BCUT2D eigenvalue weighted by molar-refractivity contribution is 14.1. The third-order valence-electron chi connectivity index (χ3n) is 1.55. The van der Waals surface area contributed by atoms with Crippen molar-refractivity contribution in [2.24, 2.45) is 0 Å². The standard InChI is InChI=1S/C8H6F2INO2/c1-14-8-4(3-13)2-5(6(9)10)7(11)12-8/h2-3,6H,1H3. The van der Waals surface area contributed by atoms with Gasteiger partial charge in [0.1, 0.15) is 3.70 Å². The highest BCUT2D eigenvalue weighted by Gasteiger charge is 2.16. The van der Waals surface area contributed by atoms with Gasteiger partial charge >= 0.3 is 0 Å². The first-order chi connectivity index (χ1) is 6.60. The zero-order valence-electron chi connectivity index (χ0n) is 7.13. The molecule has 0 unspecified atom stereocenters. The number of carbonyl (C=O) groups is 1. The minimum absolute atomic E-state index is 0.0308. The van der Waals surface area contributed by atoms with Crippen LogP contribution in [-0.4, -0.2) is 18.4 Å². The van der Waals surface area contributed by atoms with Crippen LogP contribution in [0.1, 0.15) is 22.3 Å². The van der Waals surface area contributed by atoms with Crippen LogP contribution in [0.5, 0.6) is 5.88 Å². The van der Waals surface area contributed by atoms with Gasteiger partial charge in [0.05, 0.1) is 18.2 Å². The lowest BCUT2D eigenvalue weighted by Crippen LogP contribution is -2.00. The van der Waals surface area contributed by atoms with Crippen LogP contribution in [-0.2, 0) is 0 Å². The summed E-state index contributed by atoms with van der Waals surface area (Å²) in [5, 5.41) is 0. The lowest BCUT2D eigenvalue weighted by Gasteiger charge is -2.07. The fraction of sp³-hybridized carbons (Fsp3) is 0.250. The molecule has 0 N–H and O–H groups in total. The minimum Gasteiger partial charge on any atom is -0.480 e. The Bertz CT molecular complexity index is 357. The molecule has 0 atom stereocenters. The van der Waals surface area contributed by atoms with E-state index in [9.17, 15) is 13.6 Å². The number of hydrogen-bond donors (Lipinski definition) is 0. The van der Waals surface area contributed by atoms with Crippen molar-refractivity contribution in [1.82, 2.24) is 4.98 Å². The van der Waals surface area contributed by atoms with Crippen molar-refractivity contribution in [1.29, 1.82) is 0 Å². The summed E-state index contributed by atoms with van der Waals surface area (Å²) >= 11 is 1.67. The van der Waals surface area contributed by atoms with Gasteiger partial charge in [-0.3, -0.25) is 4.79 Å². The van der Waals surface area contributed by atoms with Crippen molar-refractivity contribution in [3.63, 3.8) is 0 Å². The molecule has 0 fully saturated rings. The number of hydrogen-bond acceptors (Lipinski definition) is 3. The van der Waals surface area contributed by atoms with Gasteiger partial charge in [0.15, 0.2) is 6.29 Å². The van der Waals surface area contributed by atoms with Gasteiger partial charge in [-0.05, 0) is 28.7 Å². The Balaban J connectivity index is 3.30. The van der Waals surface area contributed by atoms with E-state index in [-0.39, 0.29) is 20.7 Å². The Kier molecular flexibility index (Phi) is 3.73. The van der Waals surface area contributed by atoms with Crippen molar-refractivity contribution >= 4 is 28.9 Å². The average molecular weight is 313 g/mol. The first kappa shape index (κ1) is 11.3. The Morgan fingerprint density at radius 1 is 1.64 bits per heavy atom. The van der Waals surface area contributed by atoms with E-state index in [1.165, 1.54) is 7.11 Å². The monoisotopic (exact) mass is 313 g/mol. The summed E-state index contributed by atoms with van der Waals surface area (Å²) in [5.74, 6) is 0.0637. The van der Waals surface area contributed by atoms with Gasteiger partial charge in [-0.25, -0.2) is 13.8 Å². The number of rotatable bonds is 3. The first-order valence-electron chi connectivity index (χ1n) is 3.58. The Labute approximate surface area is 92.6 Å². The van der Waals surface area contributed by atoms with Crippen LogP contribution in [0, 0.1) is 3.70 Å². The third-order valence-corrected chi connectivity index (χ3v) is 2.42. The van der Waals surface area contributed by atoms with E-state index in [0.717, 1.165) is 6.07 Å². The average Bonchev–Trinajstić information content (AvgIpc) is 2.16. The van der Waals surface area contributed by atoms with Crippen molar-refractivity contribution in [3.05, 3.63) is 20.9 Å². The maximum atomic E-state index is 12.4. The number of alkyl halides is 2. The molecule has 0 aliphatic rings. The number of nitrogens with zero attached hydrogens (tertiary/aromatic N) is 1. The largest absolute Gasteiger partial charge is 0.480 e. The van der Waals surface area contributed by atoms with Crippen molar-refractivity contribution in [2.45, 2.75) is 6.43 Å². The van der Waals surface area contributed by atoms with Crippen LogP contribution < -0.4 is 4.74 Å².